The number of unbranched alkanes of at least 4 members (excludes halogenated alkanes) is 4. The summed E-state index contributed by atoms with van der Waals surface area (Å²) < 4.78 is 0. The van der Waals surface area contributed by atoms with E-state index in [1.54, 1.807) is 6.92 Å². The predicted molar refractivity (Wildman–Crippen MR) is 503 cm³/mol. The summed E-state index contributed by atoms with van der Waals surface area (Å²) in [7, 11) is 18.4. The number of nitrogens with one attached hydrogen (secondary N) is 10. The number of carbonyl (C=O) groups excluding carboxylic acids is 5. The van der Waals surface area contributed by atoms with E-state index in [-0.39, 0.29) is 42.4 Å². The summed E-state index contributed by atoms with van der Waals surface area (Å²) in [6.07, 6.45) is 16.5. The van der Waals surface area contributed by atoms with Gasteiger partial charge in [0.15, 0.2) is 0 Å². The lowest BCUT2D eigenvalue weighted by Crippen LogP contribution is -2.40. The number of nitriles is 1. The lowest BCUT2D eigenvalue weighted by Gasteiger charge is -2.25. The van der Waals surface area contributed by atoms with Gasteiger partial charge in [-0.1, -0.05) is 94.9 Å². The SMILES string of the molecule is CCC(C)C(=O)NCCCN(C)CCN(CCNC)CCNC.CCC(C)C(=O)NCCCNCCN(CCN)CCN.CCC(C)C(=O)ON1C(=O)CCC1=O.CCCCN(CCN)CCNC.CCCCN(CCNC)CCN(C)CCCN.CCCCN(CCNC)CCNCCC#N.[C-]#[N+]CCN(C)CCN(CCCC)CCNC. The van der Waals surface area contributed by atoms with E-state index in [4.69, 9.17) is 34.8 Å². The van der Waals surface area contributed by atoms with Crippen LogP contribution in [0, 0.1) is 35.7 Å². The van der Waals surface area contributed by atoms with Crippen LogP contribution < -0.4 is 76.1 Å². The van der Waals surface area contributed by atoms with E-state index in [1.165, 1.54) is 84.1 Å². The van der Waals surface area contributed by atoms with Gasteiger partial charge in [0.25, 0.3) is 11.8 Å². The third-order valence-corrected chi connectivity index (χ3v) is 20.2. The summed E-state index contributed by atoms with van der Waals surface area (Å²) in [4.78, 5) is 86.3. The number of hydrogen-bond donors (Lipinski definition) is 14. The second kappa shape index (κ2) is 99.1. The number of carbonyl (C=O) groups is 5. The number of likely N-dealkylation sites (N-methyl/N-ethyl adjacent to an activating group) is 9. The van der Waals surface area contributed by atoms with Crippen molar-refractivity contribution in [3.05, 3.63) is 11.4 Å². The van der Waals surface area contributed by atoms with E-state index < -0.39 is 17.8 Å². The van der Waals surface area contributed by atoms with E-state index in [2.05, 4.69) is 162 Å². The molecule has 0 spiro atoms. The van der Waals surface area contributed by atoms with Crippen molar-refractivity contribution in [2.75, 3.05) is 332 Å². The van der Waals surface area contributed by atoms with Crippen molar-refractivity contribution in [1.29, 1.82) is 5.26 Å². The average molecular weight is 1700 g/mol. The molecule has 32 nitrogen and oxygen atoms in total. The maximum absolute atomic E-state index is 11.7. The smallest absolute Gasteiger partial charge is 0.335 e. The lowest BCUT2D eigenvalue weighted by molar-refractivity contribution is -0.200. The van der Waals surface area contributed by atoms with Crippen LogP contribution in [-0.2, 0) is 28.8 Å². The maximum atomic E-state index is 11.7. The molecule has 4 amide bonds. The van der Waals surface area contributed by atoms with E-state index in [0.29, 0.717) is 37.5 Å². The van der Waals surface area contributed by atoms with Crippen LogP contribution in [0.15, 0.2) is 0 Å². The van der Waals surface area contributed by atoms with Gasteiger partial charge in [-0.25, -0.2) is 11.4 Å². The van der Waals surface area contributed by atoms with Gasteiger partial charge in [-0.05, 0) is 180 Å². The fourth-order valence-corrected chi connectivity index (χ4v) is 11.1. The molecule has 0 radical (unpaired) electrons. The number of hydrogen-bond acceptors (Lipinski definition) is 28. The number of nitrogens with two attached hydrogens (primary N) is 4. The monoisotopic (exact) mass is 1700 g/mol. The van der Waals surface area contributed by atoms with Crippen molar-refractivity contribution in [2.24, 2.45) is 40.7 Å². The van der Waals surface area contributed by atoms with Gasteiger partial charge in [0, 0.05) is 234 Å². The Labute approximate surface area is 730 Å². The van der Waals surface area contributed by atoms with Crippen LogP contribution >= 0.6 is 0 Å². The molecule has 1 fully saturated rings. The molecule has 1 rings (SSSR count). The van der Waals surface area contributed by atoms with Crippen LogP contribution in [-0.4, -0.2) is 411 Å². The van der Waals surface area contributed by atoms with Crippen molar-refractivity contribution in [3.63, 3.8) is 0 Å². The Morgan fingerprint density at radius 2 is 0.706 bits per heavy atom. The van der Waals surface area contributed by atoms with Crippen molar-refractivity contribution in [3.8, 4) is 6.07 Å². The highest BCUT2D eigenvalue weighted by Crippen LogP contribution is 2.15. The third-order valence-electron chi connectivity index (χ3n) is 20.2. The number of imide groups is 1. The zero-order valence-corrected chi connectivity index (χ0v) is 80.4. The Morgan fingerprint density at radius 1 is 0.395 bits per heavy atom. The second-order valence-electron chi connectivity index (χ2n) is 31.0. The highest BCUT2D eigenvalue weighted by atomic mass is 16.7. The Kier molecular flexibility index (Phi) is 105. The number of amides is 4. The van der Waals surface area contributed by atoms with E-state index in [0.717, 1.165) is 248 Å². The molecule has 32 heteroatoms. The van der Waals surface area contributed by atoms with Crippen LogP contribution in [0.5, 0.6) is 0 Å². The molecular weight excluding hydrogens is 1510 g/mol. The highest BCUT2D eigenvalue weighted by molar-refractivity contribution is 6.01. The number of hydroxylamine groups is 2. The summed E-state index contributed by atoms with van der Waals surface area (Å²) in [6.45, 7) is 68.1. The summed E-state index contributed by atoms with van der Waals surface area (Å²) in [6, 6.07) is 2.14. The van der Waals surface area contributed by atoms with E-state index in [1.807, 2.05) is 76.9 Å². The first-order chi connectivity index (χ1) is 57.4. The zero-order chi connectivity index (χ0) is 90.6. The minimum atomic E-state index is -0.531. The number of rotatable bonds is 73. The summed E-state index contributed by atoms with van der Waals surface area (Å²) in [5, 5.41) is 40.8. The van der Waals surface area contributed by atoms with E-state index >= 15 is 0 Å². The Hall–Kier alpha value is -4.31. The quantitative estimate of drug-likeness (QED) is 0.0236. The molecule has 0 saturated carbocycles. The van der Waals surface area contributed by atoms with Gasteiger partial charge in [-0.2, -0.15) is 5.26 Å². The second-order valence-corrected chi connectivity index (χ2v) is 31.0. The normalized spacial score (nSPS) is 12.6. The zero-order valence-electron chi connectivity index (χ0n) is 80.4. The first-order valence-electron chi connectivity index (χ1n) is 46.3. The standard InChI is InChI=1S/C17H39N5O.C14H33N5O.C13H28N4.C13H32N4.C12H26N4.C9H23N3.C9H13NO4/c1-6-16(2)17(23)20-8-7-11-21(5)14-15-22(12-9-18-3)13-10-19-4;1-3-13(2)14(20)18-8-4-7-17-9-12-19(10-5-15)11-6-16;1-5-6-9-17(11-8-15-3)13-12-16(4)10-7-14-2;1-4-5-10-17(11-8-15-2)13-12-16(3)9-6-7-14;1-3-4-10-16(11-8-14-2)12-9-15-7-5-6-13;1-3-4-7-12(8-5-10)9-6-11-2;1-3-6(2)9(13)14-10-7(11)4-5-8(10)12/h16,18-19H,6-15H2,1-5H3,(H,20,23);13,17H,3-12,15-16H2,1-2H3,(H,18,20);15H,5-13H2,1,3-4H3;15H,4-14H2,1-3H3;14-15H,3-5,7-12H2,1-2H3;11H,3-10H2,1-2H3;6H,3-5H2,1-2H3. The molecule has 119 heavy (non-hydrogen) atoms. The molecule has 1 heterocycles. The van der Waals surface area contributed by atoms with Crippen molar-refractivity contribution in [2.45, 2.75) is 178 Å². The number of nitrogens with zero attached hydrogens (tertiary/aromatic N) is 12. The maximum Gasteiger partial charge on any atom is 0.335 e. The van der Waals surface area contributed by atoms with E-state index in [9.17, 15) is 24.0 Å². The third kappa shape index (κ3) is 88.4. The Bertz CT molecular complexity index is 2190. The largest absolute Gasteiger partial charge is 0.356 e. The fourth-order valence-electron chi connectivity index (χ4n) is 11.1. The Balaban J connectivity index is -0.000000315. The highest BCUT2D eigenvalue weighted by Gasteiger charge is 2.33. The molecule has 1 aliphatic rings. The summed E-state index contributed by atoms with van der Waals surface area (Å²) >= 11 is 0. The Morgan fingerprint density at radius 3 is 1.03 bits per heavy atom. The first kappa shape index (κ1) is 125. The molecule has 3 unspecified atom stereocenters. The molecule has 3 atom stereocenters. The first-order valence-corrected chi connectivity index (χ1v) is 46.3. The molecule has 18 N–H and O–H groups in total. The van der Waals surface area contributed by atoms with Gasteiger partial charge in [-0.3, -0.25) is 33.9 Å². The van der Waals surface area contributed by atoms with Crippen molar-refractivity contribution >= 4 is 29.6 Å². The van der Waals surface area contributed by atoms with Gasteiger partial charge in [0.05, 0.1) is 18.5 Å². The van der Waals surface area contributed by atoms with Gasteiger partial charge in [0.2, 0.25) is 18.4 Å². The molecule has 0 aromatic rings. The van der Waals surface area contributed by atoms with Gasteiger partial charge < -0.3 is 115 Å². The molecule has 1 aliphatic heterocycles. The van der Waals surface area contributed by atoms with Crippen LogP contribution in [0.4, 0.5) is 0 Å². The molecular formula is C87H194N26O6. The minimum Gasteiger partial charge on any atom is -0.356 e. The summed E-state index contributed by atoms with van der Waals surface area (Å²) in [5.74, 6) is -1.12. The van der Waals surface area contributed by atoms with Crippen LogP contribution in [0.3, 0.4) is 0 Å². The van der Waals surface area contributed by atoms with Crippen molar-refractivity contribution < 1.29 is 28.8 Å². The van der Waals surface area contributed by atoms with Crippen molar-refractivity contribution in [1.82, 2.24) is 102 Å². The van der Waals surface area contributed by atoms with Crippen LogP contribution in [0.1, 0.15) is 178 Å². The molecule has 0 bridgehead atoms. The van der Waals surface area contributed by atoms with Crippen LogP contribution in [0.25, 0.3) is 4.85 Å². The van der Waals surface area contributed by atoms with Gasteiger partial charge in [-0.15, -0.1) is 5.06 Å². The molecule has 0 aromatic carbocycles. The predicted octanol–water partition coefficient (Wildman–Crippen LogP) is 3.02. The van der Waals surface area contributed by atoms with Crippen LogP contribution in [0.2, 0.25) is 0 Å². The average Bonchev–Trinajstić information content (AvgIpc) is 1.73. The minimum absolute atomic E-state index is 0.115. The van der Waals surface area contributed by atoms with Gasteiger partial charge in [0.1, 0.15) is 0 Å². The fraction of sp³-hybridized carbons (Fsp3) is 0.920. The van der Waals surface area contributed by atoms with Gasteiger partial charge >= 0.3 is 5.97 Å². The molecule has 0 aliphatic carbocycles. The molecule has 1 saturated heterocycles. The molecule has 0 aromatic heterocycles. The topological polar surface area (TPSA) is 380 Å². The molecule has 708 valence electrons. The summed E-state index contributed by atoms with van der Waals surface area (Å²) in [5.41, 5.74) is 22.1. The lowest BCUT2D eigenvalue weighted by atomic mass is 10.1.